The molecule has 0 saturated carbocycles. The van der Waals surface area contributed by atoms with Crippen LogP contribution in [0.1, 0.15) is 26.2 Å². The lowest BCUT2D eigenvalue weighted by molar-refractivity contribution is -0.907. The van der Waals surface area contributed by atoms with Crippen LogP contribution in [0.3, 0.4) is 0 Å². The van der Waals surface area contributed by atoms with Gasteiger partial charge in [0.25, 0.3) is 0 Å². The van der Waals surface area contributed by atoms with E-state index >= 15 is 0 Å². The third kappa shape index (κ3) is 5.50. The fraction of sp³-hybridized carbons (Fsp3) is 0.588. The van der Waals surface area contributed by atoms with Gasteiger partial charge in [0.15, 0.2) is 0 Å². The number of likely N-dealkylation sites (tertiary alicyclic amines) is 1. The zero-order valence-corrected chi connectivity index (χ0v) is 13.9. The molecule has 0 amide bonds. The summed E-state index contributed by atoms with van der Waals surface area (Å²) in [5, 5.41) is 0.691. The van der Waals surface area contributed by atoms with Crippen molar-refractivity contribution in [3.63, 3.8) is 0 Å². The van der Waals surface area contributed by atoms with Gasteiger partial charge in [0.05, 0.1) is 32.8 Å². The number of rotatable bonds is 7. The van der Waals surface area contributed by atoms with Crippen LogP contribution in [0, 0.1) is 5.92 Å². The first-order valence-corrected chi connectivity index (χ1v) is 8.45. The van der Waals surface area contributed by atoms with Gasteiger partial charge in [0.1, 0.15) is 11.7 Å². The van der Waals surface area contributed by atoms with Crippen LogP contribution in [0.4, 0.5) is 0 Å². The van der Waals surface area contributed by atoms with Crippen LogP contribution in [0.2, 0.25) is 5.02 Å². The van der Waals surface area contributed by atoms with Crippen LogP contribution in [-0.4, -0.2) is 38.8 Å². The van der Waals surface area contributed by atoms with Crippen molar-refractivity contribution < 1.29 is 19.2 Å². The molecule has 1 saturated heterocycles. The molecule has 0 bridgehead atoms. The first-order chi connectivity index (χ1) is 10.7. The van der Waals surface area contributed by atoms with E-state index in [-0.39, 0.29) is 11.9 Å². The number of halogens is 1. The standard InChI is InChI=1S/C17H24ClNO3/c1-2-21-17(20)14-6-4-9-19(13-14)10-5-11-22-16-8-3-7-15(18)12-16/h3,7-8,12,14H,2,4-6,9-11,13H2,1H3/p+1/t14-/m1/s1. The van der Waals surface area contributed by atoms with Crippen LogP contribution in [0.25, 0.3) is 0 Å². The molecular formula is C17H25ClNO3+. The first kappa shape index (κ1) is 17.1. The van der Waals surface area contributed by atoms with Crippen molar-refractivity contribution in [1.29, 1.82) is 0 Å². The van der Waals surface area contributed by atoms with Crippen LogP contribution >= 0.6 is 11.6 Å². The summed E-state index contributed by atoms with van der Waals surface area (Å²) in [5.41, 5.74) is 0. The largest absolute Gasteiger partial charge is 0.493 e. The van der Waals surface area contributed by atoms with E-state index in [4.69, 9.17) is 21.1 Å². The van der Waals surface area contributed by atoms with Gasteiger partial charge < -0.3 is 14.4 Å². The third-order valence-electron chi connectivity index (χ3n) is 3.98. The maximum atomic E-state index is 11.8. The van der Waals surface area contributed by atoms with E-state index < -0.39 is 0 Å². The molecule has 2 atom stereocenters. The second kappa shape index (κ2) is 9.01. The summed E-state index contributed by atoms with van der Waals surface area (Å²) in [6.07, 6.45) is 3.02. The minimum atomic E-state index is -0.0325. The lowest BCUT2D eigenvalue weighted by Crippen LogP contribution is -3.13. The number of nitrogens with one attached hydrogen (secondary N) is 1. The van der Waals surface area contributed by atoms with Gasteiger partial charge in [0, 0.05) is 11.4 Å². The number of esters is 1. The molecule has 1 N–H and O–H groups in total. The highest BCUT2D eigenvalue weighted by Gasteiger charge is 2.29. The first-order valence-electron chi connectivity index (χ1n) is 8.07. The summed E-state index contributed by atoms with van der Waals surface area (Å²) < 4.78 is 10.8. The van der Waals surface area contributed by atoms with Gasteiger partial charge in [-0.1, -0.05) is 17.7 Å². The van der Waals surface area contributed by atoms with Crippen molar-refractivity contribution in [2.45, 2.75) is 26.2 Å². The Morgan fingerprint density at radius 2 is 2.32 bits per heavy atom. The smallest absolute Gasteiger partial charge is 0.314 e. The number of piperidine rings is 1. The number of carbonyl (C=O) groups is 1. The molecule has 4 nitrogen and oxygen atoms in total. The molecule has 1 unspecified atom stereocenters. The Morgan fingerprint density at radius 3 is 3.09 bits per heavy atom. The molecule has 1 aromatic carbocycles. The highest BCUT2D eigenvalue weighted by Crippen LogP contribution is 2.17. The van der Waals surface area contributed by atoms with Gasteiger partial charge in [0.2, 0.25) is 0 Å². The highest BCUT2D eigenvalue weighted by molar-refractivity contribution is 6.30. The van der Waals surface area contributed by atoms with E-state index in [1.165, 1.54) is 4.90 Å². The maximum Gasteiger partial charge on any atom is 0.314 e. The van der Waals surface area contributed by atoms with Crippen molar-refractivity contribution in [2.75, 3.05) is 32.8 Å². The number of hydrogen-bond acceptors (Lipinski definition) is 3. The molecule has 1 aliphatic heterocycles. The zero-order chi connectivity index (χ0) is 15.8. The molecular weight excluding hydrogens is 302 g/mol. The second-order valence-corrected chi connectivity index (χ2v) is 6.14. The minimum Gasteiger partial charge on any atom is -0.493 e. The SMILES string of the molecule is CCOC(=O)[C@@H]1CCC[NH+](CCCOc2cccc(Cl)c2)C1. The fourth-order valence-corrected chi connectivity index (χ4v) is 3.09. The van der Waals surface area contributed by atoms with E-state index in [0.29, 0.717) is 18.2 Å². The summed E-state index contributed by atoms with van der Waals surface area (Å²) in [6, 6.07) is 7.46. The Kier molecular flexibility index (Phi) is 7.00. The van der Waals surface area contributed by atoms with Crippen molar-refractivity contribution in [3.8, 4) is 5.75 Å². The fourth-order valence-electron chi connectivity index (χ4n) is 2.91. The van der Waals surface area contributed by atoms with E-state index in [2.05, 4.69) is 0 Å². The Labute approximate surface area is 137 Å². The van der Waals surface area contributed by atoms with Crippen molar-refractivity contribution in [3.05, 3.63) is 29.3 Å². The Hall–Kier alpha value is -1.26. The lowest BCUT2D eigenvalue weighted by Gasteiger charge is -2.28. The maximum absolute atomic E-state index is 11.8. The molecule has 2 rings (SSSR count). The molecule has 1 heterocycles. The van der Waals surface area contributed by atoms with Crippen LogP contribution in [0.5, 0.6) is 5.75 Å². The molecule has 122 valence electrons. The van der Waals surface area contributed by atoms with E-state index in [0.717, 1.165) is 44.6 Å². The number of hydrogen-bond donors (Lipinski definition) is 1. The molecule has 1 fully saturated rings. The molecule has 0 aromatic heterocycles. The van der Waals surface area contributed by atoms with Gasteiger partial charge in [-0.25, -0.2) is 0 Å². The summed E-state index contributed by atoms with van der Waals surface area (Å²) in [4.78, 5) is 13.3. The van der Waals surface area contributed by atoms with Gasteiger partial charge in [-0.3, -0.25) is 4.79 Å². The van der Waals surface area contributed by atoms with E-state index in [1.54, 1.807) is 0 Å². The van der Waals surface area contributed by atoms with Crippen molar-refractivity contribution >= 4 is 17.6 Å². The number of benzene rings is 1. The summed E-state index contributed by atoms with van der Waals surface area (Å²) in [5.74, 6) is 0.845. The molecule has 5 heteroatoms. The molecule has 0 radical (unpaired) electrons. The number of carbonyl (C=O) groups excluding carboxylic acids is 1. The molecule has 0 spiro atoms. The van der Waals surface area contributed by atoms with Gasteiger partial charge in [-0.2, -0.15) is 0 Å². The predicted octanol–water partition coefficient (Wildman–Crippen LogP) is 1.97. The monoisotopic (exact) mass is 326 g/mol. The number of quaternary nitrogens is 1. The molecule has 22 heavy (non-hydrogen) atoms. The van der Waals surface area contributed by atoms with Crippen LogP contribution in [0.15, 0.2) is 24.3 Å². The Bertz CT molecular complexity index is 481. The quantitative estimate of drug-likeness (QED) is 0.615. The zero-order valence-electron chi connectivity index (χ0n) is 13.1. The predicted molar refractivity (Wildman–Crippen MR) is 86.5 cm³/mol. The summed E-state index contributed by atoms with van der Waals surface area (Å²) in [7, 11) is 0. The van der Waals surface area contributed by atoms with Crippen LogP contribution in [-0.2, 0) is 9.53 Å². The van der Waals surface area contributed by atoms with E-state index in [9.17, 15) is 4.79 Å². The molecule has 0 aliphatic carbocycles. The number of ether oxygens (including phenoxy) is 2. The minimum absolute atomic E-state index is 0.0325. The van der Waals surface area contributed by atoms with Gasteiger partial charge >= 0.3 is 5.97 Å². The van der Waals surface area contributed by atoms with Gasteiger partial charge in [-0.05, 0) is 38.0 Å². The van der Waals surface area contributed by atoms with Crippen molar-refractivity contribution in [2.24, 2.45) is 5.92 Å². The lowest BCUT2D eigenvalue weighted by atomic mass is 9.98. The third-order valence-corrected chi connectivity index (χ3v) is 4.21. The molecule has 1 aliphatic rings. The summed E-state index contributed by atoms with van der Waals surface area (Å²) in [6.45, 7) is 6.05. The Balaban J connectivity index is 1.67. The average Bonchev–Trinajstić information content (AvgIpc) is 2.52. The highest BCUT2D eigenvalue weighted by atomic mass is 35.5. The van der Waals surface area contributed by atoms with Crippen LogP contribution < -0.4 is 9.64 Å². The van der Waals surface area contributed by atoms with Gasteiger partial charge in [-0.15, -0.1) is 0 Å². The van der Waals surface area contributed by atoms with Crippen molar-refractivity contribution in [1.82, 2.24) is 0 Å². The normalized spacial score (nSPS) is 21.4. The van der Waals surface area contributed by atoms with E-state index in [1.807, 2.05) is 31.2 Å². The topological polar surface area (TPSA) is 40.0 Å². The Morgan fingerprint density at radius 1 is 1.45 bits per heavy atom. The average molecular weight is 327 g/mol. The molecule has 1 aromatic rings. The summed E-state index contributed by atoms with van der Waals surface area (Å²) >= 11 is 5.92. The second-order valence-electron chi connectivity index (χ2n) is 5.70.